The molecule has 3 rings (SSSR count). The smallest absolute Gasteiger partial charge is 0.171 e. The number of ketones is 1. The normalized spacial score (nSPS) is 31.8. The fraction of sp³-hybridized carbons (Fsp3) is 0.714. The molecule has 0 aromatic carbocycles. The van der Waals surface area contributed by atoms with Crippen LogP contribution in [0.3, 0.4) is 0 Å². The first kappa shape index (κ1) is 11.9. The van der Waals surface area contributed by atoms with E-state index in [1.165, 1.54) is 12.8 Å². The quantitative estimate of drug-likeness (QED) is 0.754. The summed E-state index contributed by atoms with van der Waals surface area (Å²) in [6, 6.07) is 1.19. The van der Waals surface area contributed by atoms with E-state index < -0.39 is 0 Å². The van der Waals surface area contributed by atoms with Crippen LogP contribution in [0, 0.1) is 19.8 Å². The van der Waals surface area contributed by atoms with Gasteiger partial charge in [0, 0.05) is 18.0 Å². The number of aryl methyl sites for hydroxylation is 2. The summed E-state index contributed by atoms with van der Waals surface area (Å²) in [6.45, 7) is 3.68. The summed E-state index contributed by atoms with van der Waals surface area (Å²) >= 11 is 0. The molecule has 2 fully saturated rings. The summed E-state index contributed by atoms with van der Waals surface area (Å²) in [7, 11) is 2.19. The Balaban J connectivity index is 1.83. The molecule has 18 heavy (non-hydrogen) atoms. The zero-order valence-corrected chi connectivity index (χ0v) is 11.3. The van der Waals surface area contributed by atoms with Gasteiger partial charge in [-0.25, -0.2) is 0 Å². The molecule has 4 heteroatoms. The van der Waals surface area contributed by atoms with Crippen LogP contribution in [0.2, 0.25) is 0 Å². The van der Waals surface area contributed by atoms with Crippen molar-refractivity contribution in [3.63, 3.8) is 0 Å². The molecule has 2 saturated heterocycles. The summed E-state index contributed by atoms with van der Waals surface area (Å²) in [6.07, 6.45) is 4.48. The minimum atomic E-state index is 0.162. The van der Waals surface area contributed by atoms with E-state index in [0.717, 1.165) is 24.1 Å². The van der Waals surface area contributed by atoms with Crippen molar-refractivity contribution in [3.8, 4) is 0 Å². The van der Waals surface area contributed by atoms with Gasteiger partial charge in [-0.3, -0.25) is 4.79 Å². The van der Waals surface area contributed by atoms with Crippen molar-refractivity contribution in [2.45, 2.75) is 51.6 Å². The highest BCUT2D eigenvalue weighted by Crippen LogP contribution is 2.39. The van der Waals surface area contributed by atoms with Gasteiger partial charge in [0.25, 0.3) is 0 Å². The van der Waals surface area contributed by atoms with Crippen molar-refractivity contribution in [1.82, 2.24) is 10.1 Å². The van der Waals surface area contributed by atoms with E-state index in [1.54, 1.807) is 0 Å². The minimum absolute atomic E-state index is 0.162. The molecule has 0 radical (unpaired) electrons. The first-order valence-electron chi connectivity index (χ1n) is 6.77. The molecule has 0 saturated carbocycles. The lowest BCUT2D eigenvalue weighted by atomic mass is 9.84. The predicted molar refractivity (Wildman–Crippen MR) is 67.6 cm³/mol. The van der Waals surface area contributed by atoms with Crippen LogP contribution in [-0.2, 0) is 0 Å². The van der Waals surface area contributed by atoms with E-state index >= 15 is 0 Å². The number of hydrogen-bond donors (Lipinski definition) is 0. The van der Waals surface area contributed by atoms with Crippen LogP contribution in [-0.4, -0.2) is 35.0 Å². The highest BCUT2D eigenvalue weighted by molar-refractivity contribution is 5.99. The molecule has 2 aliphatic heterocycles. The highest BCUT2D eigenvalue weighted by atomic mass is 16.5. The summed E-state index contributed by atoms with van der Waals surface area (Å²) < 4.78 is 5.12. The Morgan fingerprint density at radius 1 is 1.28 bits per heavy atom. The monoisotopic (exact) mass is 248 g/mol. The molecule has 2 bridgehead atoms. The maximum absolute atomic E-state index is 12.6. The van der Waals surface area contributed by atoms with E-state index in [9.17, 15) is 4.79 Å². The Hall–Kier alpha value is -1.16. The average molecular weight is 248 g/mol. The first-order valence-corrected chi connectivity index (χ1v) is 6.77. The van der Waals surface area contributed by atoms with E-state index in [-0.39, 0.29) is 11.7 Å². The Morgan fingerprint density at radius 3 is 2.39 bits per heavy atom. The number of rotatable bonds is 2. The van der Waals surface area contributed by atoms with Crippen LogP contribution < -0.4 is 0 Å². The highest BCUT2D eigenvalue weighted by Gasteiger charge is 2.41. The molecule has 0 aliphatic carbocycles. The molecule has 3 heterocycles. The molecule has 2 aliphatic rings. The average Bonchev–Trinajstić information content (AvgIpc) is 2.76. The van der Waals surface area contributed by atoms with E-state index in [1.807, 2.05) is 13.8 Å². The van der Waals surface area contributed by atoms with Gasteiger partial charge in [-0.2, -0.15) is 0 Å². The van der Waals surface area contributed by atoms with E-state index in [2.05, 4.69) is 17.1 Å². The molecule has 0 amide bonds. The Bertz CT molecular complexity index is 447. The lowest BCUT2D eigenvalue weighted by Crippen LogP contribution is -2.42. The largest absolute Gasteiger partial charge is 0.361 e. The maximum atomic E-state index is 12.6. The fourth-order valence-electron chi connectivity index (χ4n) is 3.66. The van der Waals surface area contributed by atoms with Crippen molar-refractivity contribution in [1.29, 1.82) is 0 Å². The van der Waals surface area contributed by atoms with Crippen LogP contribution >= 0.6 is 0 Å². The summed E-state index contributed by atoms with van der Waals surface area (Å²) in [4.78, 5) is 15.1. The number of piperidine rings is 1. The molecule has 0 spiro atoms. The van der Waals surface area contributed by atoms with Crippen molar-refractivity contribution in [2.24, 2.45) is 5.92 Å². The Kier molecular flexibility index (Phi) is 2.77. The number of hydrogen-bond acceptors (Lipinski definition) is 4. The van der Waals surface area contributed by atoms with E-state index in [0.29, 0.717) is 17.8 Å². The third-order valence-electron chi connectivity index (χ3n) is 4.75. The second-order valence-electron chi connectivity index (χ2n) is 5.78. The topological polar surface area (TPSA) is 46.3 Å². The Morgan fingerprint density at radius 2 is 1.89 bits per heavy atom. The summed E-state index contributed by atoms with van der Waals surface area (Å²) in [5.41, 5.74) is 1.47. The summed E-state index contributed by atoms with van der Waals surface area (Å²) in [5, 5.41) is 3.89. The first-order chi connectivity index (χ1) is 8.58. The van der Waals surface area contributed by atoms with Crippen molar-refractivity contribution in [2.75, 3.05) is 7.05 Å². The lowest BCUT2D eigenvalue weighted by molar-refractivity contribution is 0.0765. The van der Waals surface area contributed by atoms with Crippen LogP contribution in [0.4, 0.5) is 0 Å². The molecule has 4 nitrogen and oxygen atoms in total. The van der Waals surface area contributed by atoms with Crippen LogP contribution in [0.5, 0.6) is 0 Å². The zero-order chi connectivity index (χ0) is 12.9. The van der Waals surface area contributed by atoms with Gasteiger partial charge in [-0.1, -0.05) is 5.16 Å². The molecule has 1 aromatic rings. The van der Waals surface area contributed by atoms with Crippen molar-refractivity contribution in [3.05, 3.63) is 17.0 Å². The number of carbonyl (C=O) groups is 1. The van der Waals surface area contributed by atoms with Gasteiger partial charge in [0.1, 0.15) is 5.76 Å². The lowest BCUT2D eigenvalue weighted by Gasteiger charge is -2.35. The van der Waals surface area contributed by atoms with Gasteiger partial charge in [0.15, 0.2) is 5.78 Å². The number of fused-ring (bicyclic) bond motifs is 2. The minimum Gasteiger partial charge on any atom is -0.361 e. The molecular weight excluding hydrogens is 228 g/mol. The zero-order valence-electron chi connectivity index (χ0n) is 11.3. The fourth-order valence-corrected chi connectivity index (χ4v) is 3.66. The predicted octanol–water partition coefficient (Wildman–Crippen LogP) is 2.35. The number of carbonyl (C=O) groups excluding carboxylic acids is 1. The van der Waals surface area contributed by atoms with Crippen LogP contribution in [0.25, 0.3) is 0 Å². The molecule has 2 atom stereocenters. The van der Waals surface area contributed by atoms with Gasteiger partial charge >= 0.3 is 0 Å². The summed E-state index contributed by atoms with van der Waals surface area (Å²) in [5.74, 6) is 1.08. The van der Waals surface area contributed by atoms with Gasteiger partial charge in [0.2, 0.25) is 0 Å². The number of nitrogens with zero attached hydrogens (tertiary/aromatic N) is 2. The molecular formula is C14H20N2O2. The molecule has 0 N–H and O–H groups in total. The maximum Gasteiger partial charge on any atom is 0.171 e. The van der Waals surface area contributed by atoms with Crippen LogP contribution in [0.1, 0.15) is 47.5 Å². The standard InChI is InChI=1S/C14H20N2O2/c1-8-13(9(2)18-15-8)14(17)10-6-11-4-5-12(7-10)16(11)3/h10-12H,4-7H2,1-3H3. The molecule has 2 unspecified atom stereocenters. The number of aromatic nitrogens is 1. The van der Waals surface area contributed by atoms with Gasteiger partial charge in [-0.05, 0) is 46.6 Å². The van der Waals surface area contributed by atoms with Gasteiger partial charge in [-0.15, -0.1) is 0 Å². The third-order valence-corrected chi connectivity index (χ3v) is 4.75. The van der Waals surface area contributed by atoms with Gasteiger partial charge in [0.05, 0.1) is 11.3 Å². The van der Waals surface area contributed by atoms with Gasteiger partial charge < -0.3 is 9.42 Å². The van der Waals surface area contributed by atoms with E-state index in [4.69, 9.17) is 4.52 Å². The second kappa shape index (κ2) is 4.19. The molecule has 1 aromatic heterocycles. The molecule has 98 valence electrons. The SMILES string of the molecule is Cc1noc(C)c1C(=O)C1CC2CCC(C1)N2C. The number of Topliss-reactive ketones (excluding diaryl/α,β-unsaturated/α-hetero) is 1. The van der Waals surface area contributed by atoms with Crippen molar-refractivity contribution < 1.29 is 9.32 Å². The van der Waals surface area contributed by atoms with Crippen molar-refractivity contribution >= 4 is 5.78 Å². The second-order valence-corrected chi connectivity index (χ2v) is 5.78. The Labute approximate surface area is 107 Å². The third kappa shape index (κ3) is 1.70. The van der Waals surface area contributed by atoms with Crippen LogP contribution in [0.15, 0.2) is 4.52 Å².